The maximum absolute atomic E-state index is 13.8. The van der Waals surface area contributed by atoms with E-state index < -0.39 is 23.8 Å². The van der Waals surface area contributed by atoms with Gasteiger partial charge in [0.1, 0.15) is 18.3 Å². The molecule has 0 unspecified atom stereocenters. The molecule has 0 aliphatic carbocycles. The molecule has 0 N–H and O–H groups in total. The van der Waals surface area contributed by atoms with Gasteiger partial charge in [0.25, 0.3) is 0 Å². The number of piperidine rings is 3. The van der Waals surface area contributed by atoms with Crippen LogP contribution in [-0.2, 0) is 28.6 Å². The van der Waals surface area contributed by atoms with Gasteiger partial charge in [-0.05, 0) is 104 Å². The molecule has 3 heterocycles. The molecule has 0 amide bonds. The number of esters is 3. The van der Waals surface area contributed by atoms with Gasteiger partial charge in [-0.2, -0.15) is 0 Å². The molecule has 0 atom stereocenters. The Bertz CT molecular complexity index is 1010. The third-order valence-corrected chi connectivity index (χ3v) is 11.8. The minimum absolute atomic E-state index is 0. The molecular formula is C36H69N3O6. The minimum atomic E-state index is -0.976. The average Bonchev–Trinajstić information content (AvgIpc) is 2.82. The Hall–Kier alpha value is -1.71. The molecule has 0 aromatic heterocycles. The zero-order valence-electron chi connectivity index (χ0n) is 31.3. The molecule has 3 saturated heterocycles. The van der Waals surface area contributed by atoms with Gasteiger partial charge in [-0.3, -0.25) is 29.1 Å². The highest BCUT2D eigenvalue weighted by molar-refractivity contribution is 5.84. The second kappa shape index (κ2) is 12.7. The minimum Gasteiger partial charge on any atom is -0.462 e. The zero-order chi connectivity index (χ0) is 34.6. The Balaban J connectivity index is 0.00000552. The van der Waals surface area contributed by atoms with Crippen molar-refractivity contribution in [1.29, 1.82) is 0 Å². The van der Waals surface area contributed by atoms with E-state index >= 15 is 0 Å². The van der Waals surface area contributed by atoms with E-state index in [1.54, 1.807) is 0 Å². The number of nitrogens with zero attached hydrogens (tertiary/aromatic N) is 3. The summed E-state index contributed by atoms with van der Waals surface area (Å²) in [5, 5.41) is 0. The number of ether oxygens (including phenoxy) is 3. The Morgan fingerprint density at radius 3 is 0.978 bits per heavy atom. The summed E-state index contributed by atoms with van der Waals surface area (Å²) in [6.07, 6.45) is 2.79. The zero-order valence-corrected chi connectivity index (χ0v) is 31.3. The van der Waals surface area contributed by atoms with Crippen molar-refractivity contribution in [2.75, 3.05) is 21.1 Å². The normalized spacial score (nSPS) is 27.2. The van der Waals surface area contributed by atoms with Crippen LogP contribution in [0, 0.1) is 5.92 Å². The summed E-state index contributed by atoms with van der Waals surface area (Å²) < 4.78 is 18.2. The molecule has 3 aliphatic rings. The van der Waals surface area contributed by atoms with Crippen LogP contribution in [0.2, 0.25) is 0 Å². The summed E-state index contributed by atoms with van der Waals surface area (Å²) >= 11 is 0. The summed E-state index contributed by atoms with van der Waals surface area (Å²) in [7, 11) is 6.31. The van der Waals surface area contributed by atoms with Crippen LogP contribution in [0.3, 0.4) is 0 Å². The Labute approximate surface area is 277 Å². The molecule has 0 spiro atoms. The first kappa shape index (κ1) is 37.7. The van der Waals surface area contributed by atoms with E-state index in [4.69, 9.17) is 14.2 Å². The third kappa shape index (κ3) is 8.81. The molecule has 264 valence electrons. The fourth-order valence-corrected chi connectivity index (χ4v) is 8.46. The lowest BCUT2D eigenvalue weighted by Crippen LogP contribution is -2.60. The quantitative estimate of drug-likeness (QED) is 0.219. The highest BCUT2D eigenvalue weighted by atomic mass is 16.6. The van der Waals surface area contributed by atoms with Gasteiger partial charge in [-0.25, -0.2) is 0 Å². The molecule has 9 heteroatoms. The van der Waals surface area contributed by atoms with E-state index in [2.05, 4.69) is 119 Å². The SMILES string of the molecule is CN1C(C)(C)CC(OC(=O)CC(CC(=O)OC2CC(C)(C)N(C)C(C)(C)C2)C(=O)OC2CC(C)(C)N(C)C(C)(C)C2)CC1(C)C.[HH].[HH]. The largest absolute Gasteiger partial charge is 0.462 e. The number of hydrogen-bond donors (Lipinski definition) is 0. The first-order valence-electron chi connectivity index (χ1n) is 17.0. The van der Waals surface area contributed by atoms with Crippen LogP contribution in [0.1, 0.15) is 137 Å². The lowest BCUT2D eigenvalue weighted by molar-refractivity contribution is -0.174. The highest BCUT2D eigenvalue weighted by Gasteiger charge is 2.48. The Morgan fingerprint density at radius 1 is 0.511 bits per heavy atom. The van der Waals surface area contributed by atoms with Crippen LogP contribution in [0.25, 0.3) is 0 Å². The molecule has 3 rings (SSSR count). The molecule has 3 aliphatic heterocycles. The molecule has 0 aromatic rings. The maximum atomic E-state index is 13.8. The maximum Gasteiger partial charge on any atom is 0.310 e. The van der Waals surface area contributed by atoms with Crippen molar-refractivity contribution in [3.63, 3.8) is 0 Å². The van der Waals surface area contributed by atoms with Crippen LogP contribution in [0.15, 0.2) is 0 Å². The second-order valence-electron chi connectivity index (χ2n) is 18.2. The number of hydrogen-bond acceptors (Lipinski definition) is 9. The van der Waals surface area contributed by atoms with Gasteiger partial charge < -0.3 is 14.2 Å². The topological polar surface area (TPSA) is 88.6 Å². The van der Waals surface area contributed by atoms with Crippen molar-refractivity contribution in [3.05, 3.63) is 0 Å². The molecule has 45 heavy (non-hydrogen) atoms. The Morgan fingerprint density at radius 2 is 0.733 bits per heavy atom. The first-order chi connectivity index (χ1) is 20.2. The third-order valence-electron chi connectivity index (χ3n) is 11.8. The van der Waals surface area contributed by atoms with Crippen LogP contribution in [-0.4, -0.2) is 105 Å². The van der Waals surface area contributed by atoms with Gasteiger partial charge in [-0.15, -0.1) is 0 Å². The van der Waals surface area contributed by atoms with Gasteiger partial charge in [0, 0.05) is 74.6 Å². The van der Waals surface area contributed by atoms with E-state index in [9.17, 15) is 14.4 Å². The van der Waals surface area contributed by atoms with Crippen molar-refractivity contribution in [2.45, 2.75) is 186 Å². The molecule has 0 aromatic carbocycles. The van der Waals surface area contributed by atoms with Crippen molar-refractivity contribution >= 4 is 17.9 Å². The van der Waals surface area contributed by atoms with Crippen molar-refractivity contribution in [2.24, 2.45) is 5.92 Å². The summed E-state index contributed by atoms with van der Waals surface area (Å²) in [4.78, 5) is 47.7. The van der Waals surface area contributed by atoms with Crippen molar-refractivity contribution in [1.82, 2.24) is 14.7 Å². The highest BCUT2D eigenvalue weighted by Crippen LogP contribution is 2.41. The van der Waals surface area contributed by atoms with Crippen LogP contribution < -0.4 is 0 Å². The summed E-state index contributed by atoms with van der Waals surface area (Å²) in [6.45, 7) is 25.8. The van der Waals surface area contributed by atoms with E-state index in [1.165, 1.54) is 0 Å². The van der Waals surface area contributed by atoms with E-state index in [-0.39, 0.29) is 67.2 Å². The average molecular weight is 640 g/mol. The van der Waals surface area contributed by atoms with Crippen LogP contribution in [0.4, 0.5) is 0 Å². The van der Waals surface area contributed by atoms with Gasteiger partial charge in [0.05, 0.1) is 18.8 Å². The van der Waals surface area contributed by atoms with Crippen molar-refractivity contribution in [3.8, 4) is 0 Å². The Kier molecular flexibility index (Phi) is 10.7. The number of likely N-dealkylation sites (tertiary alicyclic amines) is 3. The van der Waals surface area contributed by atoms with Gasteiger partial charge >= 0.3 is 17.9 Å². The van der Waals surface area contributed by atoms with E-state index in [1.807, 2.05) is 0 Å². The van der Waals surface area contributed by atoms with Gasteiger partial charge in [0.15, 0.2) is 0 Å². The lowest BCUT2D eigenvalue weighted by Gasteiger charge is -2.53. The van der Waals surface area contributed by atoms with Crippen LogP contribution in [0.5, 0.6) is 0 Å². The summed E-state index contributed by atoms with van der Waals surface area (Å²) in [5.41, 5.74) is -0.976. The second-order valence-corrected chi connectivity index (χ2v) is 18.2. The smallest absolute Gasteiger partial charge is 0.310 e. The van der Waals surface area contributed by atoms with E-state index in [0.717, 1.165) is 0 Å². The number of carbonyl (C=O) groups excluding carboxylic acids is 3. The summed E-state index contributed by atoms with van der Waals surface area (Å²) in [5.74, 6) is -2.46. The van der Waals surface area contributed by atoms with Gasteiger partial charge in [0.2, 0.25) is 0 Å². The fraction of sp³-hybridized carbons (Fsp3) is 0.917. The predicted molar refractivity (Wildman–Crippen MR) is 182 cm³/mol. The van der Waals surface area contributed by atoms with E-state index in [0.29, 0.717) is 38.5 Å². The molecule has 0 saturated carbocycles. The van der Waals surface area contributed by atoms with Crippen LogP contribution >= 0.6 is 0 Å². The fourth-order valence-electron chi connectivity index (χ4n) is 8.46. The predicted octanol–water partition coefficient (Wildman–Crippen LogP) is 6.46. The number of carbonyl (C=O) groups is 3. The standard InChI is InChI=1S/C36H65N3O6.2H2/c1-31(2)18-25(19-32(3,4)37(31)13)43-28(40)16-24(30(42)45-27-22-35(9,10)39(15)36(11,12)23-27)17-29(41)44-26-20-33(5,6)38(14)34(7,8)21-26;;/h24-27H,16-23H2,1-15H3;2*1H. The summed E-state index contributed by atoms with van der Waals surface area (Å²) in [6, 6.07) is 0. The molecule has 0 radical (unpaired) electrons. The first-order valence-corrected chi connectivity index (χ1v) is 17.0. The van der Waals surface area contributed by atoms with Gasteiger partial charge in [-0.1, -0.05) is 0 Å². The lowest BCUT2D eigenvalue weighted by atomic mass is 9.78. The molecular weight excluding hydrogens is 570 g/mol. The number of rotatable bonds is 8. The van der Waals surface area contributed by atoms with Crippen molar-refractivity contribution < 1.29 is 31.4 Å². The molecule has 9 nitrogen and oxygen atoms in total. The molecule has 0 bridgehead atoms. The monoisotopic (exact) mass is 640 g/mol. The molecule has 3 fully saturated rings.